The largest absolute Gasteiger partial charge is 0.384 e. The lowest BCUT2D eigenvalue weighted by Crippen LogP contribution is -2.15. The molecule has 1 heterocycles. The number of aliphatic hydroxyl groups excluding tert-OH is 1. The van der Waals surface area contributed by atoms with Crippen LogP contribution in [0.5, 0.6) is 0 Å². The highest BCUT2D eigenvalue weighted by Gasteiger charge is 2.11. The molecule has 0 saturated heterocycles. The van der Waals surface area contributed by atoms with E-state index in [-0.39, 0.29) is 18.2 Å². The highest BCUT2D eigenvalue weighted by molar-refractivity contribution is 6.04. The Morgan fingerprint density at radius 1 is 1.29 bits per heavy atom. The Kier molecular flexibility index (Phi) is 5.08. The van der Waals surface area contributed by atoms with Crippen molar-refractivity contribution in [1.29, 1.82) is 0 Å². The second-order valence-corrected chi connectivity index (χ2v) is 4.36. The first-order valence-electron chi connectivity index (χ1n) is 6.69. The smallest absolute Gasteiger partial charge is 0.275 e. The van der Waals surface area contributed by atoms with Crippen molar-refractivity contribution < 1.29 is 9.90 Å². The molecule has 4 nitrogen and oxygen atoms in total. The van der Waals surface area contributed by atoms with Crippen LogP contribution in [-0.2, 0) is 6.42 Å². The highest BCUT2D eigenvalue weighted by atomic mass is 16.2. The van der Waals surface area contributed by atoms with Gasteiger partial charge in [0, 0.05) is 11.9 Å². The zero-order valence-corrected chi connectivity index (χ0v) is 11.8. The summed E-state index contributed by atoms with van der Waals surface area (Å²) in [7, 11) is 0. The number of hydrogen-bond donors (Lipinski definition) is 2. The third-order valence-corrected chi connectivity index (χ3v) is 2.94. The van der Waals surface area contributed by atoms with Crippen molar-refractivity contribution in [3.63, 3.8) is 0 Å². The van der Waals surface area contributed by atoms with Gasteiger partial charge in [-0.05, 0) is 36.2 Å². The molecule has 0 radical (unpaired) electrons. The lowest BCUT2D eigenvalue weighted by molar-refractivity contribution is 0.102. The maximum absolute atomic E-state index is 12.2. The molecule has 0 spiro atoms. The molecule has 0 aliphatic heterocycles. The molecule has 0 bridgehead atoms. The van der Waals surface area contributed by atoms with Crippen molar-refractivity contribution >= 4 is 11.6 Å². The van der Waals surface area contributed by atoms with Gasteiger partial charge in [0.15, 0.2) is 0 Å². The summed E-state index contributed by atoms with van der Waals surface area (Å²) >= 11 is 0. The van der Waals surface area contributed by atoms with Crippen LogP contribution in [0, 0.1) is 11.8 Å². The number of nitrogens with one attached hydrogen (secondary N) is 1. The van der Waals surface area contributed by atoms with E-state index < -0.39 is 0 Å². The van der Waals surface area contributed by atoms with Gasteiger partial charge in [0.2, 0.25) is 0 Å². The Morgan fingerprint density at radius 2 is 2.05 bits per heavy atom. The number of pyridine rings is 1. The first-order valence-corrected chi connectivity index (χ1v) is 6.69. The summed E-state index contributed by atoms with van der Waals surface area (Å²) in [4.78, 5) is 16.3. The Hall–Kier alpha value is -2.64. The van der Waals surface area contributed by atoms with E-state index in [0.29, 0.717) is 11.3 Å². The van der Waals surface area contributed by atoms with Crippen LogP contribution in [0.2, 0.25) is 0 Å². The van der Waals surface area contributed by atoms with Crippen molar-refractivity contribution in [3.05, 3.63) is 59.4 Å². The van der Waals surface area contributed by atoms with Gasteiger partial charge in [-0.15, -0.1) is 0 Å². The number of hydrogen-bond acceptors (Lipinski definition) is 3. The molecule has 2 rings (SSSR count). The minimum Gasteiger partial charge on any atom is -0.384 e. The molecule has 2 N–H and O–H groups in total. The summed E-state index contributed by atoms with van der Waals surface area (Å²) in [5.41, 5.74) is 2.66. The monoisotopic (exact) mass is 280 g/mol. The van der Waals surface area contributed by atoms with Crippen molar-refractivity contribution in [1.82, 2.24) is 4.98 Å². The van der Waals surface area contributed by atoms with Gasteiger partial charge in [0.05, 0.1) is 5.56 Å². The van der Waals surface area contributed by atoms with E-state index in [4.69, 9.17) is 5.11 Å². The zero-order valence-electron chi connectivity index (χ0n) is 11.8. The number of aliphatic hydroxyl groups is 1. The average molecular weight is 280 g/mol. The van der Waals surface area contributed by atoms with Crippen molar-refractivity contribution in [2.45, 2.75) is 13.3 Å². The fraction of sp³-hybridized carbons (Fsp3) is 0.176. The highest BCUT2D eigenvalue weighted by Crippen LogP contribution is 2.12. The van der Waals surface area contributed by atoms with Crippen molar-refractivity contribution in [3.8, 4) is 11.8 Å². The fourth-order valence-corrected chi connectivity index (χ4v) is 1.84. The lowest BCUT2D eigenvalue weighted by atomic mass is 10.1. The van der Waals surface area contributed by atoms with E-state index in [0.717, 1.165) is 6.42 Å². The number of amides is 1. The normalized spacial score (nSPS) is 9.62. The molecule has 0 aliphatic carbocycles. The van der Waals surface area contributed by atoms with E-state index >= 15 is 0 Å². The quantitative estimate of drug-likeness (QED) is 0.848. The van der Waals surface area contributed by atoms with Crippen LogP contribution >= 0.6 is 0 Å². The van der Waals surface area contributed by atoms with E-state index in [1.807, 2.05) is 24.3 Å². The minimum atomic E-state index is -0.318. The summed E-state index contributed by atoms with van der Waals surface area (Å²) in [6, 6.07) is 11.1. The van der Waals surface area contributed by atoms with Gasteiger partial charge in [0.1, 0.15) is 12.3 Å². The fourth-order valence-electron chi connectivity index (χ4n) is 1.84. The number of carbonyl (C=O) groups is 1. The molecular formula is C17H16N2O2. The van der Waals surface area contributed by atoms with Gasteiger partial charge in [-0.2, -0.15) is 0 Å². The van der Waals surface area contributed by atoms with Gasteiger partial charge < -0.3 is 10.4 Å². The second-order valence-electron chi connectivity index (χ2n) is 4.36. The molecule has 1 aromatic heterocycles. The molecule has 106 valence electrons. The standard InChI is InChI=1S/C17H16N2O2/c1-2-13-7-9-15(10-8-13)19-17(21)16-14(6-4-12-20)5-3-11-18-16/h3,5,7-11,20H,2,12H2,1H3,(H,19,21). The Morgan fingerprint density at radius 3 is 2.71 bits per heavy atom. The summed E-state index contributed by atoms with van der Waals surface area (Å²) < 4.78 is 0. The molecule has 1 amide bonds. The van der Waals surface area contributed by atoms with E-state index in [2.05, 4.69) is 29.1 Å². The summed E-state index contributed by atoms with van der Waals surface area (Å²) in [5.74, 6) is 4.93. The first kappa shape index (κ1) is 14.8. The average Bonchev–Trinajstić information content (AvgIpc) is 2.54. The molecule has 0 fully saturated rings. The maximum atomic E-state index is 12.2. The van der Waals surface area contributed by atoms with Crippen molar-refractivity contribution in [2.24, 2.45) is 0 Å². The Bertz CT molecular complexity index is 682. The summed E-state index contributed by atoms with van der Waals surface area (Å²) in [5, 5.41) is 11.5. The molecule has 0 unspecified atom stereocenters. The third kappa shape index (κ3) is 3.91. The van der Waals surface area contributed by atoms with E-state index in [1.165, 1.54) is 5.56 Å². The number of aryl methyl sites for hydroxylation is 1. The van der Waals surface area contributed by atoms with Crippen molar-refractivity contribution in [2.75, 3.05) is 11.9 Å². The molecule has 4 heteroatoms. The number of anilines is 1. The van der Waals surface area contributed by atoms with Crippen LogP contribution in [0.1, 0.15) is 28.5 Å². The molecular weight excluding hydrogens is 264 g/mol. The van der Waals surface area contributed by atoms with Crippen LogP contribution in [0.3, 0.4) is 0 Å². The SMILES string of the molecule is CCc1ccc(NC(=O)c2ncccc2C#CCO)cc1. The topological polar surface area (TPSA) is 62.2 Å². The Labute approximate surface area is 123 Å². The predicted molar refractivity (Wildman–Crippen MR) is 82.0 cm³/mol. The van der Waals surface area contributed by atoms with Crippen LogP contribution in [-0.4, -0.2) is 22.6 Å². The number of nitrogens with zero attached hydrogens (tertiary/aromatic N) is 1. The molecule has 0 aliphatic rings. The Balaban J connectivity index is 2.19. The van der Waals surface area contributed by atoms with Crippen LogP contribution in [0.4, 0.5) is 5.69 Å². The van der Waals surface area contributed by atoms with Crippen LogP contribution in [0.25, 0.3) is 0 Å². The van der Waals surface area contributed by atoms with Gasteiger partial charge >= 0.3 is 0 Å². The molecule has 0 atom stereocenters. The molecule has 1 aromatic carbocycles. The first-order chi connectivity index (χ1) is 10.2. The number of benzene rings is 1. The van der Waals surface area contributed by atoms with Crippen LogP contribution in [0.15, 0.2) is 42.6 Å². The summed E-state index contributed by atoms with van der Waals surface area (Å²) in [6.07, 6.45) is 2.49. The minimum absolute atomic E-state index is 0.248. The predicted octanol–water partition coefficient (Wildman–Crippen LogP) is 2.24. The molecule has 0 saturated carbocycles. The lowest BCUT2D eigenvalue weighted by Gasteiger charge is -2.06. The van der Waals surface area contributed by atoms with Crippen LogP contribution < -0.4 is 5.32 Å². The number of rotatable bonds is 3. The maximum Gasteiger partial charge on any atom is 0.275 e. The molecule has 21 heavy (non-hydrogen) atoms. The van der Waals surface area contributed by atoms with E-state index in [1.54, 1.807) is 18.3 Å². The van der Waals surface area contributed by atoms with Gasteiger partial charge in [-0.3, -0.25) is 4.79 Å². The zero-order chi connectivity index (χ0) is 15.1. The molecule has 2 aromatic rings. The van der Waals surface area contributed by atoms with Gasteiger partial charge in [0.25, 0.3) is 5.91 Å². The summed E-state index contributed by atoms with van der Waals surface area (Å²) in [6.45, 7) is 1.82. The third-order valence-electron chi connectivity index (χ3n) is 2.94. The second kappa shape index (κ2) is 7.22. The number of carbonyl (C=O) groups excluding carboxylic acids is 1. The van der Waals surface area contributed by atoms with E-state index in [9.17, 15) is 4.79 Å². The van der Waals surface area contributed by atoms with Gasteiger partial charge in [-0.1, -0.05) is 30.9 Å². The number of aromatic nitrogens is 1. The van der Waals surface area contributed by atoms with Gasteiger partial charge in [-0.25, -0.2) is 4.98 Å².